The molecule has 1 amide bonds. The van der Waals surface area contributed by atoms with Gasteiger partial charge in [-0.1, -0.05) is 0 Å². The molecule has 1 aliphatic heterocycles. The molecule has 1 aromatic carbocycles. The zero-order valence-corrected chi connectivity index (χ0v) is 14.9. The summed E-state index contributed by atoms with van der Waals surface area (Å²) in [6.07, 6.45) is 1.50. The summed E-state index contributed by atoms with van der Waals surface area (Å²) in [6, 6.07) is 5.23. The third kappa shape index (κ3) is 4.30. The minimum atomic E-state index is -0.00649. The molecule has 2 heterocycles. The first-order valence-corrected chi connectivity index (χ1v) is 8.58. The largest absolute Gasteiger partial charge is 0.493 e. The van der Waals surface area contributed by atoms with Gasteiger partial charge in [0.05, 0.1) is 13.7 Å². The molecule has 140 valence electrons. The second-order valence-electron chi connectivity index (χ2n) is 6.00. The molecule has 0 atom stereocenters. The first kappa shape index (κ1) is 18.2. The van der Waals surface area contributed by atoms with Crippen LogP contribution in [0, 0.1) is 0 Å². The van der Waals surface area contributed by atoms with E-state index in [-0.39, 0.29) is 5.91 Å². The molecular formula is C17H24N6O3. The fourth-order valence-corrected chi connectivity index (χ4v) is 2.90. The van der Waals surface area contributed by atoms with E-state index in [4.69, 9.17) is 15.2 Å². The van der Waals surface area contributed by atoms with E-state index < -0.39 is 0 Å². The first-order chi connectivity index (χ1) is 12.7. The molecule has 0 aliphatic carbocycles. The number of hydrogen-bond donors (Lipinski definition) is 2. The Hall–Kier alpha value is -2.65. The number of hydrogen-bond acceptors (Lipinski definition) is 7. The zero-order valence-electron chi connectivity index (χ0n) is 14.9. The zero-order chi connectivity index (χ0) is 18.4. The normalized spacial score (nSPS) is 15.1. The van der Waals surface area contributed by atoms with Gasteiger partial charge in [0.25, 0.3) is 5.91 Å². The van der Waals surface area contributed by atoms with Crippen LogP contribution >= 0.6 is 0 Å². The van der Waals surface area contributed by atoms with Gasteiger partial charge in [0, 0.05) is 38.3 Å². The lowest BCUT2D eigenvalue weighted by Crippen LogP contribution is -2.48. The van der Waals surface area contributed by atoms with E-state index in [1.54, 1.807) is 25.3 Å². The van der Waals surface area contributed by atoms with Crippen molar-refractivity contribution in [3.8, 4) is 11.5 Å². The number of nitrogens with zero attached hydrogens (tertiary/aromatic N) is 4. The number of carbonyl (C=O) groups excluding carboxylic acids is 1. The van der Waals surface area contributed by atoms with Crippen LogP contribution in [0.4, 0.5) is 0 Å². The molecule has 9 heteroatoms. The molecule has 2 aromatic rings. The topological polar surface area (TPSA) is 110 Å². The summed E-state index contributed by atoms with van der Waals surface area (Å²) in [6.45, 7) is 4.45. The van der Waals surface area contributed by atoms with Crippen molar-refractivity contribution < 1.29 is 14.3 Å². The summed E-state index contributed by atoms with van der Waals surface area (Å²) in [5.74, 6) is 1.95. The van der Waals surface area contributed by atoms with E-state index in [2.05, 4.69) is 20.1 Å². The Kier molecular flexibility index (Phi) is 6.03. The summed E-state index contributed by atoms with van der Waals surface area (Å²) in [7, 11) is 1.56. The predicted octanol–water partition coefficient (Wildman–Crippen LogP) is 0.109. The molecule has 3 rings (SSSR count). The average Bonchev–Trinajstić information content (AvgIpc) is 3.19. The number of amides is 1. The molecule has 1 saturated heterocycles. The molecule has 0 radical (unpaired) electrons. The van der Waals surface area contributed by atoms with Crippen LogP contribution in [0.3, 0.4) is 0 Å². The first-order valence-electron chi connectivity index (χ1n) is 8.58. The van der Waals surface area contributed by atoms with Crippen LogP contribution < -0.4 is 15.2 Å². The highest BCUT2D eigenvalue weighted by atomic mass is 16.5. The summed E-state index contributed by atoms with van der Waals surface area (Å²) < 4.78 is 10.9. The Morgan fingerprint density at radius 2 is 2.08 bits per heavy atom. The van der Waals surface area contributed by atoms with Crippen molar-refractivity contribution in [1.82, 2.24) is 25.0 Å². The number of H-pyrrole nitrogens is 1. The quantitative estimate of drug-likeness (QED) is 0.721. The van der Waals surface area contributed by atoms with Crippen molar-refractivity contribution in [1.29, 1.82) is 0 Å². The van der Waals surface area contributed by atoms with Gasteiger partial charge in [-0.3, -0.25) is 14.8 Å². The average molecular weight is 360 g/mol. The van der Waals surface area contributed by atoms with Crippen LogP contribution in [0.5, 0.6) is 11.5 Å². The summed E-state index contributed by atoms with van der Waals surface area (Å²) >= 11 is 0. The minimum absolute atomic E-state index is 0.00649. The number of ether oxygens (including phenoxy) is 2. The van der Waals surface area contributed by atoms with E-state index in [1.807, 2.05) is 4.90 Å². The lowest BCUT2D eigenvalue weighted by molar-refractivity contribution is 0.0625. The lowest BCUT2D eigenvalue weighted by atomic mass is 10.1. The molecule has 0 bridgehead atoms. The van der Waals surface area contributed by atoms with Gasteiger partial charge in [-0.05, 0) is 18.2 Å². The van der Waals surface area contributed by atoms with Gasteiger partial charge in [-0.2, -0.15) is 5.10 Å². The van der Waals surface area contributed by atoms with Crippen molar-refractivity contribution >= 4 is 5.91 Å². The Morgan fingerprint density at radius 1 is 1.27 bits per heavy atom. The summed E-state index contributed by atoms with van der Waals surface area (Å²) in [4.78, 5) is 21.0. The van der Waals surface area contributed by atoms with Crippen LogP contribution in [0.25, 0.3) is 0 Å². The monoisotopic (exact) mass is 360 g/mol. The van der Waals surface area contributed by atoms with Crippen molar-refractivity contribution in [3.63, 3.8) is 0 Å². The van der Waals surface area contributed by atoms with E-state index in [0.717, 1.165) is 18.9 Å². The molecule has 1 fully saturated rings. The third-order valence-electron chi connectivity index (χ3n) is 4.28. The number of carbonyl (C=O) groups is 1. The molecule has 1 aliphatic rings. The molecule has 0 spiro atoms. The number of nitrogens with two attached hydrogens (primary N) is 1. The van der Waals surface area contributed by atoms with Crippen LogP contribution in [-0.4, -0.2) is 77.3 Å². The molecular weight excluding hydrogens is 336 g/mol. The number of rotatable bonds is 7. The Morgan fingerprint density at radius 3 is 2.73 bits per heavy atom. The van der Waals surface area contributed by atoms with Crippen LogP contribution in [0.2, 0.25) is 0 Å². The van der Waals surface area contributed by atoms with Crippen molar-refractivity contribution in [3.05, 3.63) is 35.9 Å². The molecule has 1 aromatic heterocycles. The second kappa shape index (κ2) is 8.63. The van der Waals surface area contributed by atoms with E-state index in [1.165, 1.54) is 6.33 Å². The van der Waals surface area contributed by atoms with Crippen LogP contribution in [0.1, 0.15) is 16.2 Å². The predicted molar refractivity (Wildman–Crippen MR) is 95.1 cm³/mol. The number of aromatic amines is 1. The highest BCUT2D eigenvalue weighted by molar-refractivity contribution is 5.95. The highest BCUT2D eigenvalue weighted by Crippen LogP contribution is 2.28. The van der Waals surface area contributed by atoms with Gasteiger partial charge in [0.15, 0.2) is 11.5 Å². The SMILES string of the molecule is COc1cc(C(=O)N2CCN(Cc3ncn[nH]3)CC2)ccc1OCCN. The van der Waals surface area contributed by atoms with E-state index in [9.17, 15) is 4.79 Å². The van der Waals surface area contributed by atoms with Gasteiger partial charge in [-0.25, -0.2) is 4.98 Å². The van der Waals surface area contributed by atoms with E-state index in [0.29, 0.717) is 49.8 Å². The lowest BCUT2D eigenvalue weighted by Gasteiger charge is -2.34. The van der Waals surface area contributed by atoms with Crippen molar-refractivity contribution in [2.45, 2.75) is 6.54 Å². The van der Waals surface area contributed by atoms with Crippen LogP contribution in [0.15, 0.2) is 24.5 Å². The van der Waals surface area contributed by atoms with Gasteiger partial charge < -0.3 is 20.1 Å². The highest BCUT2D eigenvalue weighted by Gasteiger charge is 2.23. The Bertz CT molecular complexity index is 713. The maximum atomic E-state index is 12.8. The number of aromatic nitrogens is 3. The standard InChI is InChI=1S/C17H24N6O3/c1-25-15-10-13(2-3-14(15)26-9-4-18)17(24)23-7-5-22(6-8-23)11-16-19-12-20-21-16/h2-3,10,12H,4-9,11,18H2,1H3,(H,19,20,21). The number of methoxy groups -OCH3 is 1. The van der Waals surface area contributed by atoms with Gasteiger partial charge >= 0.3 is 0 Å². The van der Waals surface area contributed by atoms with Gasteiger partial charge in [0.2, 0.25) is 0 Å². The molecule has 26 heavy (non-hydrogen) atoms. The van der Waals surface area contributed by atoms with E-state index >= 15 is 0 Å². The second-order valence-corrected chi connectivity index (χ2v) is 6.00. The van der Waals surface area contributed by atoms with Crippen molar-refractivity contribution in [2.24, 2.45) is 5.73 Å². The number of piperazine rings is 1. The van der Waals surface area contributed by atoms with Crippen LogP contribution in [-0.2, 0) is 6.54 Å². The fraction of sp³-hybridized carbons (Fsp3) is 0.471. The molecule has 3 N–H and O–H groups in total. The fourth-order valence-electron chi connectivity index (χ4n) is 2.90. The van der Waals surface area contributed by atoms with Crippen molar-refractivity contribution in [2.75, 3.05) is 46.4 Å². The number of benzene rings is 1. The number of nitrogens with one attached hydrogen (secondary N) is 1. The van der Waals surface area contributed by atoms with Gasteiger partial charge in [0.1, 0.15) is 18.8 Å². The molecule has 0 unspecified atom stereocenters. The molecule has 0 saturated carbocycles. The summed E-state index contributed by atoms with van der Waals surface area (Å²) in [5, 5.41) is 6.72. The maximum Gasteiger partial charge on any atom is 0.254 e. The summed E-state index contributed by atoms with van der Waals surface area (Å²) in [5.41, 5.74) is 6.05. The molecule has 9 nitrogen and oxygen atoms in total. The van der Waals surface area contributed by atoms with Gasteiger partial charge in [-0.15, -0.1) is 0 Å². The Labute approximate surface area is 152 Å². The minimum Gasteiger partial charge on any atom is -0.493 e. The smallest absolute Gasteiger partial charge is 0.254 e. The third-order valence-corrected chi connectivity index (χ3v) is 4.28. The Balaban J connectivity index is 1.59. The maximum absolute atomic E-state index is 12.8.